The molecule has 12 heteroatoms. The number of esters is 1. The van der Waals surface area contributed by atoms with Gasteiger partial charge in [-0.3, -0.25) is 14.5 Å². The van der Waals surface area contributed by atoms with E-state index in [9.17, 15) is 36.3 Å². The molecule has 1 saturated heterocycles. The second-order valence-electron chi connectivity index (χ2n) is 8.19. The van der Waals surface area contributed by atoms with Gasteiger partial charge in [0.15, 0.2) is 0 Å². The van der Waals surface area contributed by atoms with E-state index >= 15 is 0 Å². The maximum Gasteiger partial charge on any atom is 0.411 e. The molecule has 1 fully saturated rings. The number of likely N-dealkylation sites (tertiary alicyclic amines) is 1. The number of halogens is 5. The van der Waals surface area contributed by atoms with Gasteiger partial charge in [-0.25, -0.2) is 13.6 Å². The number of carbonyl (C=O) groups is 3. The van der Waals surface area contributed by atoms with Crippen LogP contribution in [0.3, 0.4) is 0 Å². The van der Waals surface area contributed by atoms with E-state index in [1.807, 2.05) is 0 Å². The number of alkyl halides is 5. The molecule has 1 heterocycles. The molecule has 0 spiro atoms. The van der Waals surface area contributed by atoms with Crippen LogP contribution >= 0.6 is 0 Å². The van der Waals surface area contributed by atoms with Gasteiger partial charge in [0.05, 0.1) is 18.6 Å². The summed E-state index contributed by atoms with van der Waals surface area (Å²) in [6.45, 7) is 7.42. The number of nitrogens with one attached hydrogen (secondary N) is 1. The van der Waals surface area contributed by atoms with Crippen LogP contribution in [0.5, 0.6) is 0 Å². The highest BCUT2D eigenvalue weighted by atomic mass is 19.4. The van der Waals surface area contributed by atoms with Crippen molar-refractivity contribution in [2.75, 3.05) is 19.7 Å². The Kier molecular flexibility index (Phi) is 9.08. The second-order valence-corrected chi connectivity index (χ2v) is 8.19. The van der Waals surface area contributed by atoms with Gasteiger partial charge in [-0.15, -0.1) is 0 Å². The number of rotatable bonds is 3. The summed E-state index contributed by atoms with van der Waals surface area (Å²) < 4.78 is 74.6. The first-order valence-corrected chi connectivity index (χ1v) is 9.10. The molecule has 0 bridgehead atoms. The molecule has 1 unspecified atom stereocenters. The highest BCUT2D eigenvalue weighted by molar-refractivity contribution is 5.87. The fraction of sp³-hybridized carbons (Fsp3) is 0.833. The number of hydrogen-bond acceptors (Lipinski definition) is 5. The lowest BCUT2D eigenvalue weighted by molar-refractivity contribution is -0.145. The maximum atomic E-state index is 14.2. The van der Waals surface area contributed by atoms with E-state index in [1.54, 1.807) is 12.2 Å². The quantitative estimate of drug-likeness (QED) is 0.528. The average Bonchev–Trinajstić information content (AvgIpc) is 2.68. The molecule has 30 heavy (non-hydrogen) atoms. The Morgan fingerprint density at radius 2 is 1.63 bits per heavy atom. The minimum Gasteiger partial charge on any atom is -0.466 e. The summed E-state index contributed by atoms with van der Waals surface area (Å²) in [7, 11) is 0. The molecule has 0 aliphatic carbocycles. The van der Waals surface area contributed by atoms with Crippen LogP contribution in [0.1, 0.15) is 48.5 Å². The minimum absolute atomic E-state index is 0.211. The van der Waals surface area contributed by atoms with Crippen LogP contribution in [0, 0.1) is 5.41 Å². The van der Waals surface area contributed by atoms with Gasteiger partial charge in [-0.2, -0.15) is 13.2 Å². The zero-order chi connectivity index (χ0) is 24.1. The Hall–Kier alpha value is -2.14. The number of carbonyl (C=O) groups excluding carboxylic acids is 3. The summed E-state index contributed by atoms with van der Waals surface area (Å²) >= 11 is 0. The van der Waals surface area contributed by atoms with Crippen molar-refractivity contribution in [2.24, 2.45) is 5.41 Å². The molecule has 0 aromatic heterocycles. The lowest BCUT2D eigenvalue weighted by Crippen LogP contribution is -2.54. The minimum atomic E-state index is -4.70. The molecule has 1 rings (SSSR count). The van der Waals surface area contributed by atoms with Crippen LogP contribution in [0.25, 0.3) is 0 Å². The van der Waals surface area contributed by atoms with Gasteiger partial charge in [0, 0.05) is 6.92 Å². The average molecular weight is 448 g/mol. The Morgan fingerprint density at radius 3 is 1.97 bits per heavy atom. The number of ether oxygens (including phenoxy) is 2. The summed E-state index contributed by atoms with van der Waals surface area (Å²) in [5, 5.41) is 1.56. The molecule has 1 atom stereocenters. The Balaban J connectivity index is 0.00000122. The fourth-order valence-electron chi connectivity index (χ4n) is 2.55. The summed E-state index contributed by atoms with van der Waals surface area (Å²) in [6.07, 6.45) is -5.88. The summed E-state index contributed by atoms with van der Waals surface area (Å²) in [4.78, 5) is 34.5. The smallest absolute Gasteiger partial charge is 0.411 e. The van der Waals surface area contributed by atoms with E-state index in [0.717, 1.165) is 13.8 Å². The van der Waals surface area contributed by atoms with Crippen LogP contribution in [-0.4, -0.2) is 66.3 Å². The van der Waals surface area contributed by atoms with Crippen molar-refractivity contribution in [1.29, 1.82) is 0 Å². The highest BCUT2D eigenvalue weighted by Crippen LogP contribution is 2.48. The van der Waals surface area contributed by atoms with Crippen LogP contribution in [0.15, 0.2) is 0 Å². The molecule has 176 valence electrons. The molecular weight excluding hydrogens is 419 g/mol. The van der Waals surface area contributed by atoms with Gasteiger partial charge < -0.3 is 14.8 Å². The van der Waals surface area contributed by atoms with Gasteiger partial charge in [0.2, 0.25) is 5.91 Å². The predicted molar refractivity (Wildman–Crippen MR) is 96.8 cm³/mol. The molecule has 0 saturated carbocycles. The van der Waals surface area contributed by atoms with Gasteiger partial charge in [0.1, 0.15) is 18.2 Å². The monoisotopic (exact) mass is 448 g/mol. The zero-order valence-corrected chi connectivity index (χ0v) is 18.1. The summed E-state index contributed by atoms with van der Waals surface area (Å²) in [5.41, 5.74) is -3.06. The van der Waals surface area contributed by atoms with E-state index in [4.69, 9.17) is 4.74 Å². The summed E-state index contributed by atoms with van der Waals surface area (Å²) in [6, 6.07) is -1.79. The summed E-state index contributed by atoms with van der Waals surface area (Å²) in [5.74, 6) is -4.98. The zero-order valence-electron chi connectivity index (χ0n) is 18.1. The third kappa shape index (κ3) is 8.31. The lowest BCUT2D eigenvalue weighted by Gasteiger charge is -2.33. The van der Waals surface area contributed by atoms with E-state index < -0.39 is 54.2 Å². The third-order valence-electron chi connectivity index (χ3n) is 3.99. The second kappa shape index (κ2) is 9.78. The third-order valence-corrected chi connectivity index (χ3v) is 3.99. The van der Waals surface area contributed by atoms with Gasteiger partial charge in [-0.05, 0) is 27.7 Å². The molecule has 1 aliphatic rings. The van der Waals surface area contributed by atoms with Crippen molar-refractivity contribution in [3.63, 3.8) is 0 Å². The first-order chi connectivity index (χ1) is 13.2. The largest absolute Gasteiger partial charge is 0.466 e. The number of nitrogens with zero attached hydrogens (tertiary/aromatic N) is 1. The van der Waals surface area contributed by atoms with E-state index in [2.05, 4.69) is 4.74 Å². The number of amides is 2. The van der Waals surface area contributed by atoms with Crippen LogP contribution in [-0.2, 0) is 19.1 Å². The van der Waals surface area contributed by atoms with E-state index in [-0.39, 0.29) is 5.97 Å². The lowest BCUT2D eigenvalue weighted by atomic mass is 9.81. The van der Waals surface area contributed by atoms with Gasteiger partial charge in [0.25, 0.3) is 5.92 Å². The SMILES string of the molecule is CC(C)(C)OC(=O)N1CC(F)(F)C(C)(C)C1C(=O)NCC(F)(F)F.CCOC(C)=O. The molecule has 0 aromatic carbocycles. The van der Waals surface area contributed by atoms with Crippen molar-refractivity contribution in [3.8, 4) is 0 Å². The first kappa shape index (κ1) is 27.9. The standard InChI is InChI=1S/C14H21F5N2O3.C4H8O2/c1-11(2,3)24-10(23)21-7-13(15,16)12(4,5)8(21)9(22)20-6-14(17,18)19;1-3-6-4(2)5/h8H,6-7H2,1-5H3,(H,20,22);3H2,1-2H3. The van der Waals surface area contributed by atoms with Crippen molar-refractivity contribution in [2.45, 2.75) is 72.2 Å². The fourth-order valence-corrected chi connectivity index (χ4v) is 2.55. The molecular formula is C18H29F5N2O5. The molecule has 2 amide bonds. The van der Waals surface area contributed by atoms with Crippen molar-refractivity contribution >= 4 is 18.0 Å². The van der Waals surface area contributed by atoms with Crippen LogP contribution < -0.4 is 5.32 Å². The van der Waals surface area contributed by atoms with Crippen molar-refractivity contribution in [1.82, 2.24) is 10.2 Å². The molecule has 0 radical (unpaired) electrons. The number of hydrogen-bond donors (Lipinski definition) is 1. The Bertz CT molecular complexity index is 629. The molecule has 0 aromatic rings. The van der Waals surface area contributed by atoms with Crippen LogP contribution in [0.4, 0.5) is 26.7 Å². The van der Waals surface area contributed by atoms with Crippen LogP contribution in [0.2, 0.25) is 0 Å². The molecule has 1 N–H and O–H groups in total. The first-order valence-electron chi connectivity index (χ1n) is 9.10. The Morgan fingerprint density at radius 1 is 1.13 bits per heavy atom. The normalized spacial score (nSPS) is 20.0. The van der Waals surface area contributed by atoms with E-state index in [0.29, 0.717) is 11.5 Å². The molecule has 7 nitrogen and oxygen atoms in total. The van der Waals surface area contributed by atoms with Crippen molar-refractivity contribution < 1.29 is 45.8 Å². The Labute approximate surface area is 172 Å². The predicted octanol–water partition coefficient (Wildman–Crippen LogP) is 3.52. The molecule has 1 aliphatic heterocycles. The van der Waals surface area contributed by atoms with Gasteiger partial charge >= 0.3 is 18.2 Å². The highest BCUT2D eigenvalue weighted by Gasteiger charge is 2.64. The maximum absolute atomic E-state index is 14.2. The van der Waals surface area contributed by atoms with E-state index in [1.165, 1.54) is 27.7 Å². The van der Waals surface area contributed by atoms with Crippen molar-refractivity contribution in [3.05, 3.63) is 0 Å². The topological polar surface area (TPSA) is 84.9 Å². The van der Waals surface area contributed by atoms with Gasteiger partial charge in [-0.1, -0.05) is 13.8 Å².